The highest BCUT2D eigenvalue weighted by molar-refractivity contribution is 5.91. The molecule has 1 rings (SSSR count). The average molecular weight is 356 g/mol. The van der Waals surface area contributed by atoms with Crippen LogP contribution in [0.1, 0.15) is 40.5 Å². The van der Waals surface area contributed by atoms with E-state index in [2.05, 4.69) is 5.32 Å². The van der Waals surface area contributed by atoms with Crippen molar-refractivity contribution in [1.82, 2.24) is 15.1 Å². The lowest BCUT2D eigenvalue weighted by atomic mass is 10.2. The van der Waals surface area contributed by atoms with Crippen molar-refractivity contribution in [2.45, 2.75) is 58.2 Å². The Bertz CT molecular complexity index is 543. The van der Waals surface area contributed by atoms with E-state index in [4.69, 9.17) is 10.5 Å². The molecule has 142 valence electrons. The number of amides is 4. The van der Waals surface area contributed by atoms with Gasteiger partial charge in [0.2, 0.25) is 17.7 Å². The zero-order valence-corrected chi connectivity index (χ0v) is 15.5. The topological polar surface area (TPSA) is 122 Å². The summed E-state index contributed by atoms with van der Waals surface area (Å²) in [4.78, 5) is 50.2. The molecule has 9 nitrogen and oxygen atoms in total. The molecule has 2 atom stereocenters. The summed E-state index contributed by atoms with van der Waals surface area (Å²) in [6.07, 6.45) is 0.604. The van der Waals surface area contributed by atoms with Gasteiger partial charge in [0.05, 0.1) is 6.54 Å². The number of likely N-dealkylation sites (tertiary alicyclic amines) is 1. The van der Waals surface area contributed by atoms with Crippen LogP contribution < -0.4 is 11.1 Å². The summed E-state index contributed by atoms with van der Waals surface area (Å²) in [5, 5.41) is 2.49. The van der Waals surface area contributed by atoms with Crippen molar-refractivity contribution in [1.29, 1.82) is 0 Å². The standard InChI is InChI=1S/C16H28N4O5/c1-10(19(5)15(24)25-16(2,3)4)14(23)18-9-12(21)20-8-6-7-11(20)13(17)22/h10-11H,6-9H2,1-5H3,(H2,17,22)(H,18,23)/t10?,11-/m0/s1. The third-order valence-corrected chi connectivity index (χ3v) is 3.96. The van der Waals surface area contributed by atoms with Crippen molar-refractivity contribution in [3.8, 4) is 0 Å². The lowest BCUT2D eigenvalue weighted by molar-refractivity contribution is -0.138. The molecule has 1 saturated heterocycles. The summed E-state index contributed by atoms with van der Waals surface area (Å²) in [6, 6.07) is -1.43. The molecular formula is C16H28N4O5. The Morgan fingerprint density at radius 2 is 1.92 bits per heavy atom. The molecule has 1 aliphatic rings. The number of carbonyl (C=O) groups excluding carboxylic acids is 4. The number of primary amides is 1. The highest BCUT2D eigenvalue weighted by Gasteiger charge is 2.33. The second-order valence-corrected chi connectivity index (χ2v) is 7.13. The zero-order chi connectivity index (χ0) is 19.4. The van der Waals surface area contributed by atoms with Gasteiger partial charge in [-0.3, -0.25) is 19.3 Å². The molecule has 1 unspecified atom stereocenters. The summed E-state index contributed by atoms with van der Waals surface area (Å²) in [6.45, 7) is 6.91. The Kier molecular flexibility index (Phi) is 6.78. The van der Waals surface area contributed by atoms with Gasteiger partial charge in [-0.1, -0.05) is 0 Å². The van der Waals surface area contributed by atoms with Crippen LogP contribution in [0.4, 0.5) is 4.79 Å². The number of carbonyl (C=O) groups is 4. The van der Waals surface area contributed by atoms with Gasteiger partial charge in [0.25, 0.3) is 0 Å². The molecule has 1 aliphatic heterocycles. The normalized spacial score (nSPS) is 18.4. The van der Waals surface area contributed by atoms with Crippen LogP contribution in [0.2, 0.25) is 0 Å². The fraction of sp³-hybridized carbons (Fsp3) is 0.750. The van der Waals surface area contributed by atoms with Crippen LogP contribution >= 0.6 is 0 Å². The number of rotatable bonds is 5. The maximum Gasteiger partial charge on any atom is 0.410 e. The van der Waals surface area contributed by atoms with Crippen molar-refractivity contribution < 1.29 is 23.9 Å². The SMILES string of the molecule is CC(C(=O)NCC(=O)N1CCC[C@H]1C(N)=O)N(C)C(=O)OC(C)(C)C. The van der Waals surface area contributed by atoms with E-state index in [0.717, 1.165) is 4.90 Å². The van der Waals surface area contributed by atoms with E-state index in [1.165, 1.54) is 18.9 Å². The molecule has 0 aromatic carbocycles. The molecule has 0 aliphatic carbocycles. The van der Waals surface area contributed by atoms with Gasteiger partial charge < -0.3 is 20.7 Å². The maximum atomic E-state index is 12.2. The minimum absolute atomic E-state index is 0.255. The Morgan fingerprint density at radius 1 is 1.32 bits per heavy atom. The van der Waals surface area contributed by atoms with Gasteiger partial charge in [-0.2, -0.15) is 0 Å². The van der Waals surface area contributed by atoms with Gasteiger partial charge in [0.1, 0.15) is 17.7 Å². The van der Waals surface area contributed by atoms with Crippen LogP contribution in [-0.2, 0) is 19.1 Å². The van der Waals surface area contributed by atoms with E-state index in [-0.39, 0.29) is 12.5 Å². The lowest BCUT2D eigenvalue weighted by Gasteiger charge is -2.28. The quantitative estimate of drug-likeness (QED) is 0.708. The van der Waals surface area contributed by atoms with Crippen molar-refractivity contribution >= 4 is 23.8 Å². The second-order valence-electron chi connectivity index (χ2n) is 7.13. The number of nitrogens with zero attached hydrogens (tertiary/aromatic N) is 2. The molecule has 0 bridgehead atoms. The lowest BCUT2D eigenvalue weighted by Crippen LogP contribution is -2.51. The van der Waals surface area contributed by atoms with Crippen LogP contribution in [0.25, 0.3) is 0 Å². The van der Waals surface area contributed by atoms with Crippen molar-refractivity contribution in [2.75, 3.05) is 20.1 Å². The Balaban J connectivity index is 2.54. The van der Waals surface area contributed by atoms with E-state index in [1.807, 2.05) is 0 Å². The number of hydrogen-bond acceptors (Lipinski definition) is 5. The molecule has 0 aromatic rings. The highest BCUT2D eigenvalue weighted by Crippen LogP contribution is 2.16. The molecule has 0 spiro atoms. The van der Waals surface area contributed by atoms with E-state index in [1.54, 1.807) is 20.8 Å². The highest BCUT2D eigenvalue weighted by atomic mass is 16.6. The molecule has 0 saturated carbocycles. The summed E-state index contributed by atoms with van der Waals surface area (Å²) < 4.78 is 5.20. The third kappa shape index (κ3) is 5.91. The van der Waals surface area contributed by atoms with Crippen LogP contribution in [-0.4, -0.2) is 71.4 Å². The van der Waals surface area contributed by atoms with Crippen LogP contribution in [0.3, 0.4) is 0 Å². The Morgan fingerprint density at radius 3 is 2.44 bits per heavy atom. The van der Waals surface area contributed by atoms with Gasteiger partial charge in [0.15, 0.2) is 0 Å². The molecule has 0 aromatic heterocycles. The summed E-state index contributed by atoms with van der Waals surface area (Å²) in [5.74, 6) is -1.41. The monoisotopic (exact) mass is 356 g/mol. The first-order valence-electron chi connectivity index (χ1n) is 8.26. The number of ether oxygens (including phenoxy) is 1. The van der Waals surface area contributed by atoms with Gasteiger partial charge >= 0.3 is 6.09 Å². The molecule has 9 heteroatoms. The molecule has 25 heavy (non-hydrogen) atoms. The Labute approximate surface area is 147 Å². The fourth-order valence-electron chi connectivity index (χ4n) is 2.44. The minimum Gasteiger partial charge on any atom is -0.444 e. The van der Waals surface area contributed by atoms with E-state index in [0.29, 0.717) is 19.4 Å². The predicted octanol–water partition coefficient (Wildman–Crippen LogP) is -0.166. The van der Waals surface area contributed by atoms with Crippen molar-refractivity contribution in [3.63, 3.8) is 0 Å². The first-order valence-corrected chi connectivity index (χ1v) is 8.26. The van der Waals surface area contributed by atoms with Crippen molar-refractivity contribution in [2.24, 2.45) is 5.73 Å². The average Bonchev–Trinajstić information content (AvgIpc) is 2.98. The van der Waals surface area contributed by atoms with Crippen LogP contribution in [0.15, 0.2) is 0 Å². The number of nitrogens with one attached hydrogen (secondary N) is 1. The van der Waals surface area contributed by atoms with Crippen molar-refractivity contribution in [3.05, 3.63) is 0 Å². The fourth-order valence-corrected chi connectivity index (χ4v) is 2.44. The zero-order valence-electron chi connectivity index (χ0n) is 15.5. The van der Waals surface area contributed by atoms with E-state index in [9.17, 15) is 19.2 Å². The first kappa shape index (κ1) is 20.7. The summed E-state index contributed by atoms with van der Waals surface area (Å²) >= 11 is 0. The molecule has 1 heterocycles. The van der Waals surface area contributed by atoms with E-state index >= 15 is 0 Å². The van der Waals surface area contributed by atoms with Gasteiger partial charge in [-0.15, -0.1) is 0 Å². The predicted molar refractivity (Wildman–Crippen MR) is 90.4 cm³/mol. The number of hydrogen-bond donors (Lipinski definition) is 2. The number of likely N-dealkylation sites (N-methyl/N-ethyl adjacent to an activating group) is 1. The molecular weight excluding hydrogens is 328 g/mol. The van der Waals surface area contributed by atoms with Gasteiger partial charge in [-0.25, -0.2) is 4.79 Å². The number of nitrogens with two attached hydrogens (primary N) is 1. The molecule has 4 amide bonds. The smallest absolute Gasteiger partial charge is 0.410 e. The maximum absolute atomic E-state index is 12.2. The largest absolute Gasteiger partial charge is 0.444 e. The summed E-state index contributed by atoms with van der Waals surface area (Å²) in [5.41, 5.74) is 4.61. The van der Waals surface area contributed by atoms with E-state index < -0.39 is 35.6 Å². The summed E-state index contributed by atoms with van der Waals surface area (Å²) in [7, 11) is 1.45. The minimum atomic E-state index is -0.812. The second kappa shape index (κ2) is 8.17. The molecule has 1 fully saturated rings. The van der Waals surface area contributed by atoms with Crippen LogP contribution in [0, 0.1) is 0 Å². The molecule has 3 N–H and O–H groups in total. The first-order chi connectivity index (χ1) is 11.4. The van der Waals surface area contributed by atoms with Crippen LogP contribution in [0.5, 0.6) is 0 Å². The van der Waals surface area contributed by atoms with Gasteiger partial charge in [0, 0.05) is 13.6 Å². The van der Waals surface area contributed by atoms with Gasteiger partial charge in [-0.05, 0) is 40.5 Å². The Hall–Kier alpha value is -2.32. The molecule has 0 radical (unpaired) electrons. The third-order valence-electron chi connectivity index (χ3n) is 3.96.